The van der Waals surface area contributed by atoms with Crippen LogP contribution in [0, 0.1) is 4.91 Å². The molecule has 0 fully saturated rings. The van der Waals surface area contributed by atoms with Gasteiger partial charge in [0.1, 0.15) is 6.54 Å². The van der Waals surface area contributed by atoms with Crippen molar-refractivity contribution in [1.82, 2.24) is 4.98 Å². The summed E-state index contributed by atoms with van der Waals surface area (Å²) in [5.74, 6) is 0. The third-order valence-electron chi connectivity index (χ3n) is 1.07. The minimum absolute atomic E-state index is 0.111. The predicted octanol–water partition coefficient (Wildman–Crippen LogP) is 0.930. The fraction of sp³-hybridized carbons (Fsp3) is 0.167. The smallest absolute Gasteiger partial charge is 0.123 e. The number of nitrogens with two attached hydrogens (primary N) is 1. The Bertz CT molecular complexity index is 219. The largest absolute Gasteiger partial charge is 0.397 e. The van der Waals surface area contributed by atoms with Gasteiger partial charge >= 0.3 is 0 Å². The first-order chi connectivity index (χ1) is 4.83. The summed E-state index contributed by atoms with van der Waals surface area (Å²) in [6, 6.07) is 3.37. The van der Waals surface area contributed by atoms with Gasteiger partial charge in [0.25, 0.3) is 0 Å². The molecular formula is C6H7N3O. The number of aromatic nitrogens is 1. The van der Waals surface area contributed by atoms with Crippen LogP contribution in [0.2, 0.25) is 0 Å². The van der Waals surface area contributed by atoms with Crippen molar-refractivity contribution in [2.45, 2.75) is 6.54 Å². The molecule has 0 amide bonds. The summed E-state index contributed by atoms with van der Waals surface area (Å²) in [5.41, 5.74) is 6.59. The molecule has 0 aliphatic rings. The summed E-state index contributed by atoms with van der Waals surface area (Å²) in [7, 11) is 0. The molecule has 0 saturated carbocycles. The summed E-state index contributed by atoms with van der Waals surface area (Å²) in [6.07, 6.45) is 1.50. The Morgan fingerprint density at radius 1 is 1.60 bits per heavy atom. The zero-order chi connectivity index (χ0) is 7.40. The third-order valence-corrected chi connectivity index (χ3v) is 1.07. The molecule has 1 aromatic heterocycles. The first-order valence-corrected chi connectivity index (χ1v) is 2.82. The van der Waals surface area contributed by atoms with Crippen LogP contribution in [-0.2, 0) is 6.54 Å². The Morgan fingerprint density at radius 2 is 2.40 bits per heavy atom. The van der Waals surface area contributed by atoms with E-state index >= 15 is 0 Å². The molecule has 0 unspecified atom stereocenters. The number of nitroso groups, excluding NO2 is 1. The van der Waals surface area contributed by atoms with Crippen molar-refractivity contribution < 1.29 is 0 Å². The van der Waals surface area contributed by atoms with Crippen LogP contribution in [0.5, 0.6) is 0 Å². The van der Waals surface area contributed by atoms with Crippen LogP contribution in [0.1, 0.15) is 5.69 Å². The number of hydrogen-bond acceptors (Lipinski definition) is 4. The maximum Gasteiger partial charge on any atom is 0.123 e. The van der Waals surface area contributed by atoms with Gasteiger partial charge in [0.05, 0.1) is 17.6 Å². The second kappa shape index (κ2) is 2.91. The monoisotopic (exact) mass is 137 g/mol. The Labute approximate surface area is 58.1 Å². The molecule has 10 heavy (non-hydrogen) atoms. The first-order valence-electron chi connectivity index (χ1n) is 2.82. The molecule has 0 bridgehead atoms. The first kappa shape index (κ1) is 6.67. The maximum absolute atomic E-state index is 9.74. The summed E-state index contributed by atoms with van der Waals surface area (Å²) < 4.78 is 0. The van der Waals surface area contributed by atoms with E-state index in [1.54, 1.807) is 12.1 Å². The summed E-state index contributed by atoms with van der Waals surface area (Å²) >= 11 is 0. The molecule has 0 radical (unpaired) electrons. The van der Waals surface area contributed by atoms with E-state index in [-0.39, 0.29) is 6.54 Å². The Morgan fingerprint density at radius 3 is 2.90 bits per heavy atom. The molecular weight excluding hydrogens is 130 g/mol. The molecule has 1 rings (SSSR count). The molecule has 0 aliphatic carbocycles. The third kappa shape index (κ3) is 1.51. The lowest BCUT2D eigenvalue weighted by Crippen LogP contribution is -1.89. The van der Waals surface area contributed by atoms with Crippen molar-refractivity contribution in [2.75, 3.05) is 5.73 Å². The van der Waals surface area contributed by atoms with Crippen molar-refractivity contribution in [2.24, 2.45) is 5.18 Å². The second-order valence-electron chi connectivity index (χ2n) is 1.87. The SMILES string of the molecule is Nc1ccc(CN=O)nc1. The van der Waals surface area contributed by atoms with Gasteiger partial charge in [0.15, 0.2) is 0 Å². The fourth-order valence-corrected chi connectivity index (χ4v) is 0.596. The number of nitrogen functional groups attached to an aromatic ring is 1. The van der Waals surface area contributed by atoms with Gasteiger partial charge in [-0.2, -0.15) is 4.91 Å². The fourth-order valence-electron chi connectivity index (χ4n) is 0.596. The van der Waals surface area contributed by atoms with Crippen molar-refractivity contribution in [1.29, 1.82) is 0 Å². The van der Waals surface area contributed by atoms with Gasteiger partial charge in [-0.1, -0.05) is 5.18 Å². The van der Waals surface area contributed by atoms with E-state index in [0.29, 0.717) is 11.4 Å². The van der Waals surface area contributed by atoms with Crippen LogP contribution in [-0.4, -0.2) is 4.98 Å². The van der Waals surface area contributed by atoms with Gasteiger partial charge in [0.2, 0.25) is 0 Å². The lowest BCUT2D eigenvalue weighted by atomic mass is 10.3. The van der Waals surface area contributed by atoms with Crippen molar-refractivity contribution in [3.8, 4) is 0 Å². The summed E-state index contributed by atoms with van der Waals surface area (Å²) in [6.45, 7) is 0.111. The van der Waals surface area contributed by atoms with Crippen molar-refractivity contribution >= 4 is 5.69 Å². The van der Waals surface area contributed by atoms with E-state index in [0.717, 1.165) is 0 Å². The van der Waals surface area contributed by atoms with Crippen LogP contribution in [0.3, 0.4) is 0 Å². The normalized spacial score (nSPS) is 9.20. The van der Waals surface area contributed by atoms with Gasteiger partial charge in [-0.3, -0.25) is 4.98 Å². The molecule has 0 atom stereocenters. The number of rotatable bonds is 2. The average Bonchev–Trinajstić information content (AvgIpc) is 1.95. The molecule has 4 nitrogen and oxygen atoms in total. The van der Waals surface area contributed by atoms with E-state index in [1.807, 2.05) is 0 Å². The van der Waals surface area contributed by atoms with E-state index in [1.165, 1.54) is 6.20 Å². The molecule has 1 aromatic rings. The van der Waals surface area contributed by atoms with Gasteiger partial charge in [-0.05, 0) is 12.1 Å². The number of pyridine rings is 1. The highest BCUT2D eigenvalue weighted by molar-refractivity contribution is 5.34. The Balaban J connectivity index is 2.78. The zero-order valence-corrected chi connectivity index (χ0v) is 5.32. The molecule has 2 N–H and O–H groups in total. The number of nitrogens with zero attached hydrogens (tertiary/aromatic N) is 2. The topological polar surface area (TPSA) is 68.3 Å². The van der Waals surface area contributed by atoms with Gasteiger partial charge in [-0.15, -0.1) is 0 Å². The molecule has 1 heterocycles. The highest BCUT2D eigenvalue weighted by Crippen LogP contribution is 2.01. The standard InChI is InChI=1S/C6H7N3O/c7-5-1-2-6(4-9-10)8-3-5/h1-3H,4,7H2. The van der Waals surface area contributed by atoms with E-state index < -0.39 is 0 Å². The lowest BCUT2D eigenvalue weighted by Gasteiger charge is -1.92. The van der Waals surface area contributed by atoms with Crippen molar-refractivity contribution in [3.05, 3.63) is 28.9 Å². The Kier molecular flexibility index (Phi) is 1.94. The minimum Gasteiger partial charge on any atom is -0.397 e. The molecule has 4 heteroatoms. The van der Waals surface area contributed by atoms with E-state index in [4.69, 9.17) is 5.73 Å². The predicted molar refractivity (Wildman–Crippen MR) is 38.1 cm³/mol. The van der Waals surface area contributed by atoms with Gasteiger partial charge in [-0.25, -0.2) is 0 Å². The van der Waals surface area contributed by atoms with Crippen LogP contribution >= 0.6 is 0 Å². The van der Waals surface area contributed by atoms with E-state index in [9.17, 15) is 4.91 Å². The molecule has 0 saturated heterocycles. The van der Waals surface area contributed by atoms with Crippen LogP contribution < -0.4 is 5.73 Å². The van der Waals surface area contributed by atoms with Crippen LogP contribution in [0.15, 0.2) is 23.5 Å². The van der Waals surface area contributed by atoms with Gasteiger partial charge in [0, 0.05) is 0 Å². The summed E-state index contributed by atoms with van der Waals surface area (Å²) in [5, 5.41) is 2.68. The highest BCUT2D eigenvalue weighted by Gasteiger charge is 1.90. The second-order valence-corrected chi connectivity index (χ2v) is 1.87. The van der Waals surface area contributed by atoms with Gasteiger partial charge < -0.3 is 5.73 Å². The quantitative estimate of drug-likeness (QED) is 0.616. The molecule has 52 valence electrons. The lowest BCUT2D eigenvalue weighted by molar-refractivity contribution is 0.982. The zero-order valence-electron chi connectivity index (χ0n) is 5.32. The van der Waals surface area contributed by atoms with Crippen molar-refractivity contribution in [3.63, 3.8) is 0 Å². The average molecular weight is 137 g/mol. The Hall–Kier alpha value is -1.45. The summed E-state index contributed by atoms with van der Waals surface area (Å²) in [4.78, 5) is 13.6. The number of hydrogen-bond donors (Lipinski definition) is 1. The molecule has 0 spiro atoms. The molecule has 0 aliphatic heterocycles. The van der Waals surface area contributed by atoms with E-state index in [2.05, 4.69) is 10.2 Å². The molecule has 0 aromatic carbocycles. The van der Waals surface area contributed by atoms with Crippen LogP contribution in [0.25, 0.3) is 0 Å². The number of anilines is 1. The van der Waals surface area contributed by atoms with Crippen LogP contribution in [0.4, 0.5) is 5.69 Å². The maximum atomic E-state index is 9.74. The minimum atomic E-state index is 0.111. The highest BCUT2D eigenvalue weighted by atomic mass is 16.3.